The quantitative estimate of drug-likeness (QED) is 0.810. The molecule has 0 aromatic carbocycles. The molecule has 2 rings (SSSR count). The fraction of sp³-hybridized carbons (Fsp3) is 1.00. The SMILES string of the molecule is CC1CCCC(CN(C)CC2CCNCC2)C1. The molecule has 1 aliphatic heterocycles. The molecule has 0 radical (unpaired) electrons. The van der Waals surface area contributed by atoms with Gasteiger partial charge in [0.1, 0.15) is 0 Å². The molecule has 0 aromatic rings. The van der Waals surface area contributed by atoms with Crippen LogP contribution < -0.4 is 5.32 Å². The van der Waals surface area contributed by atoms with Crippen molar-refractivity contribution in [3.8, 4) is 0 Å². The molecular formula is C15H30N2. The normalized spacial score (nSPS) is 31.9. The Morgan fingerprint density at radius 3 is 2.41 bits per heavy atom. The summed E-state index contributed by atoms with van der Waals surface area (Å²) in [6, 6.07) is 0. The molecule has 17 heavy (non-hydrogen) atoms. The van der Waals surface area contributed by atoms with Gasteiger partial charge in [-0.25, -0.2) is 0 Å². The van der Waals surface area contributed by atoms with Gasteiger partial charge in [0.15, 0.2) is 0 Å². The van der Waals surface area contributed by atoms with Gasteiger partial charge in [0, 0.05) is 13.1 Å². The average molecular weight is 238 g/mol. The highest BCUT2D eigenvalue weighted by Gasteiger charge is 2.21. The van der Waals surface area contributed by atoms with Crippen molar-refractivity contribution in [2.75, 3.05) is 33.2 Å². The molecule has 2 atom stereocenters. The Labute approximate surface area is 107 Å². The molecule has 0 aromatic heterocycles. The molecule has 100 valence electrons. The van der Waals surface area contributed by atoms with Crippen LogP contribution >= 0.6 is 0 Å². The predicted molar refractivity (Wildman–Crippen MR) is 74.2 cm³/mol. The van der Waals surface area contributed by atoms with Gasteiger partial charge < -0.3 is 10.2 Å². The van der Waals surface area contributed by atoms with Gasteiger partial charge in [-0.15, -0.1) is 0 Å². The molecule has 0 amide bonds. The van der Waals surface area contributed by atoms with E-state index in [9.17, 15) is 0 Å². The molecular weight excluding hydrogens is 208 g/mol. The van der Waals surface area contributed by atoms with Crippen LogP contribution in [-0.4, -0.2) is 38.1 Å². The minimum Gasteiger partial charge on any atom is -0.317 e. The zero-order chi connectivity index (χ0) is 12.1. The van der Waals surface area contributed by atoms with Crippen molar-refractivity contribution in [2.24, 2.45) is 17.8 Å². The summed E-state index contributed by atoms with van der Waals surface area (Å²) in [5.41, 5.74) is 0. The maximum absolute atomic E-state index is 3.46. The molecule has 0 bridgehead atoms. The summed E-state index contributed by atoms with van der Waals surface area (Å²) in [4.78, 5) is 2.61. The molecule has 2 heteroatoms. The Kier molecular flexibility index (Phi) is 5.30. The molecule has 1 heterocycles. The van der Waals surface area contributed by atoms with Crippen molar-refractivity contribution in [1.29, 1.82) is 0 Å². The summed E-state index contributed by atoms with van der Waals surface area (Å²) in [7, 11) is 2.33. The number of nitrogens with one attached hydrogen (secondary N) is 1. The number of rotatable bonds is 4. The third kappa shape index (κ3) is 4.59. The zero-order valence-corrected chi connectivity index (χ0v) is 11.8. The fourth-order valence-electron chi connectivity index (χ4n) is 3.75. The smallest absolute Gasteiger partial charge is 0.000767 e. The summed E-state index contributed by atoms with van der Waals surface area (Å²) >= 11 is 0. The fourth-order valence-corrected chi connectivity index (χ4v) is 3.75. The lowest BCUT2D eigenvalue weighted by Gasteiger charge is -2.33. The van der Waals surface area contributed by atoms with Crippen molar-refractivity contribution in [1.82, 2.24) is 10.2 Å². The predicted octanol–water partition coefficient (Wildman–Crippen LogP) is 2.74. The van der Waals surface area contributed by atoms with Crippen LogP contribution in [-0.2, 0) is 0 Å². The van der Waals surface area contributed by atoms with Crippen molar-refractivity contribution in [3.05, 3.63) is 0 Å². The molecule has 2 unspecified atom stereocenters. The van der Waals surface area contributed by atoms with Gasteiger partial charge >= 0.3 is 0 Å². The Bertz CT molecular complexity index is 211. The minimum atomic E-state index is 0.947. The molecule has 1 aliphatic carbocycles. The van der Waals surface area contributed by atoms with Gasteiger partial charge in [0.05, 0.1) is 0 Å². The lowest BCUT2D eigenvalue weighted by molar-refractivity contribution is 0.175. The van der Waals surface area contributed by atoms with Crippen molar-refractivity contribution in [2.45, 2.75) is 45.4 Å². The van der Waals surface area contributed by atoms with E-state index >= 15 is 0 Å². The molecule has 1 saturated heterocycles. The summed E-state index contributed by atoms with van der Waals surface area (Å²) < 4.78 is 0. The maximum atomic E-state index is 3.46. The van der Waals surface area contributed by atoms with Gasteiger partial charge in [0.2, 0.25) is 0 Å². The third-order valence-electron chi connectivity index (χ3n) is 4.64. The minimum absolute atomic E-state index is 0.947. The van der Waals surface area contributed by atoms with Crippen LogP contribution in [0.3, 0.4) is 0 Å². The van der Waals surface area contributed by atoms with Gasteiger partial charge in [-0.1, -0.05) is 19.8 Å². The van der Waals surface area contributed by atoms with Crippen LogP contribution in [0.2, 0.25) is 0 Å². The topological polar surface area (TPSA) is 15.3 Å². The van der Waals surface area contributed by atoms with E-state index in [1.54, 1.807) is 0 Å². The second-order valence-corrected chi connectivity index (χ2v) is 6.55. The Hall–Kier alpha value is -0.0800. The largest absolute Gasteiger partial charge is 0.317 e. The first-order chi connectivity index (χ1) is 8.24. The first kappa shape index (κ1) is 13.4. The van der Waals surface area contributed by atoms with Gasteiger partial charge in [-0.3, -0.25) is 0 Å². The Morgan fingerprint density at radius 1 is 1.00 bits per heavy atom. The van der Waals surface area contributed by atoms with E-state index < -0.39 is 0 Å². The second kappa shape index (κ2) is 6.75. The van der Waals surface area contributed by atoms with Crippen molar-refractivity contribution < 1.29 is 0 Å². The van der Waals surface area contributed by atoms with Crippen molar-refractivity contribution >= 4 is 0 Å². The lowest BCUT2D eigenvalue weighted by Crippen LogP contribution is -2.37. The number of nitrogens with zero attached hydrogens (tertiary/aromatic N) is 1. The van der Waals surface area contributed by atoms with E-state index in [0.29, 0.717) is 0 Å². The molecule has 2 nitrogen and oxygen atoms in total. The van der Waals surface area contributed by atoms with Crippen LogP contribution in [0.25, 0.3) is 0 Å². The number of hydrogen-bond donors (Lipinski definition) is 1. The lowest BCUT2D eigenvalue weighted by atomic mass is 9.82. The van der Waals surface area contributed by atoms with Crippen LogP contribution in [0.15, 0.2) is 0 Å². The van der Waals surface area contributed by atoms with Gasteiger partial charge in [-0.05, 0) is 63.6 Å². The molecule has 2 fully saturated rings. The van der Waals surface area contributed by atoms with Crippen LogP contribution in [0.5, 0.6) is 0 Å². The highest BCUT2D eigenvalue weighted by atomic mass is 15.1. The van der Waals surface area contributed by atoms with E-state index in [0.717, 1.165) is 17.8 Å². The second-order valence-electron chi connectivity index (χ2n) is 6.55. The van der Waals surface area contributed by atoms with E-state index in [1.807, 2.05) is 0 Å². The first-order valence-corrected chi connectivity index (χ1v) is 7.63. The Morgan fingerprint density at radius 2 is 1.71 bits per heavy atom. The maximum Gasteiger partial charge on any atom is 0.000767 e. The number of hydrogen-bond acceptors (Lipinski definition) is 2. The van der Waals surface area contributed by atoms with Crippen molar-refractivity contribution in [3.63, 3.8) is 0 Å². The molecule has 1 saturated carbocycles. The summed E-state index contributed by atoms with van der Waals surface area (Å²) in [6.45, 7) is 7.57. The molecule has 0 spiro atoms. The monoisotopic (exact) mass is 238 g/mol. The highest BCUT2D eigenvalue weighted by molar-refractivity contribution is 4.76. The molecule has 1 N–H and O–H groups in total. The van der Waals surface area contributed by atoms with E-state index in [4.69, 9.17) is 0 Å². The number of piperidine rings is 1. The summed E-state index contributed by atoms with van der Waals surface area (Å²) in [6.07, 6.45) is 8.63. The van der Waals surface area contributed by atoms with Crippen LogP contribution in [0.4, 0.5) is 0 Å². The molecule has 2 aliphatic rings. The third-order valence-corrected chi connectivity index (χ3v) is 4.64. The van der Waals surface area contributed by atoms with Gasteiger partial charge in [0.25, 0.3) is 0 Å². The summed E-state index contributed by atoms with van der Waals surface area (Å²) in [5, 5.41) is 3.46. The van der Waals surface area contributed by atoms with E-state index in [-0.39, 0.29) is 0 Å². The average Bonchev–Trinajstić information content (AvgIpc) is 2.30. The van der Waals surface area contributed by atoms with Gasteiger partial charge in [-0.2, -0.15) is 0 Å². The highest BCUT2D eigenvalue weighted by Crippen LogP contribution is 2.29. The van der Waals surface area contributed by atoms with E-state index in [2.05, 4.69) is 24.2 Å². The van der Waals surface area contributed by atoms with E-state index in [1.165, 1.54) is 64.7 Å². The standard InChI is InChI=1S/C15H30N2/c1-13-4-3-5-15(10-13)12-17(2)11-14-6-8-16-9-7-14/h13-16H,3-12H2,1-2H3. The van der Waals surface area contributed by atoms with Crippen LogP contribution in [0.1, 0.15) is 45.4 Å². The Balaban J connectivity index is 1.66. The zero-order valence-electron chi connectivity index (χ0n) is 11.8. The first-order valence-electron chi connectivity index (χ1n) is 7.63. The summed E-state index contributed by atoms with van der Waals surface area (Å²) in [5.74, 6) is 2.90. The van der Waals surface area contributed by atoms with Crippen LogP contribution in [0, 0.1) is 17.8 Å².